The van der Waals surface area contributed by atoms with Crippen LogP contribution in [0.5, 0.6) is 5.75 Å². The van der Waals surface area contributed by atoms with Gasteiger partial charge in [-0.2, -0.15) is 0 Å². The quantitative estimate of drug-likeness (QED) is 0.228. The number of hydrogen-bond donors (Lipinski definition) is 2. The number of nitrogens with zero attached hydrogens (tertiary/aromatic N) is 1. The van der Waals surface area contributed by atoms with Gasteiger partial charge in [-0.05, 0) is 52.9 Å². The van der Waals surface area contributed by atoms with E-state index in [1.165, 1.54) is 48.7 Å². The Labute approximate surface area is 228 Å². The molecule has 1 unspecified atom stereocenters. The summed E-state index contributed by atoms with van der Waals surface area (Å²) in [6.07, 6.45) is -3.69. The Morgan fingerprint density at radius 1 is 1.08 bits per heavy atom. The largest absolute Gasteiger partial charge is 0.573 e. The minimum absolute atomic E-state index is 0.0291. The highest BCUT2D eigenvalue weighted by Gasteiger charge is 2.33. The molecule has 204 valence electrons. The zero-order valence-corrected chi connectivity index (χ0v) is 22.3. The van der Waals surface area contributed by atoms with E-state index < -0.39 is 45.3 Å². The van der Waals surface area contributed by atoms with Crippen LogP contribution in [0.4, 0.5) is 23.2 Å². The van der Waals surface area contributed by atoms with Crippen molar-refractivity contribution in [1.82, 2.24) is 4.98 Å². The minimum atomic E-state index is -5.05. The molecule has 39 heavy (non-hydrogen) atoms. The molecule has 2 N–H and O–H groups in total. The van der Waals surface area contributed by atoms with Gasteiger partial charge >= 0.3 is 12.3 Å². The molecule has 6 nitrogen and oxygen atoms in total. The average molecular weight is 581 g/mol. The van der Waals surface area contributed by atoms with Crippen molar-refractivity contribution in [2.45, 2.75) is 37.4 Å². The normalized spacial score (nSPS) is 12.8. The summed E-state index contributed by atoms with van der Waals surface area (Å²) >= 11 is 6.42. The Morgan fingerprint density at radius 3 is 2.41 bits per heavy atom. The van der Waals surface area contributed by atoms with Crippen LogP contribution in [0.15, 0.2) is 65.7 Å². The van der Waals surface area contributed by atoms with Gasteiger partial charge in [0.05, 0.1) is 26.7 Å². The number of nitrogens with one attached hydrogen (secondary N) is 1. The molecular formula is C27H21ClF4N2O4S. The van der Waals surface area contributed by atoms with E-state index in [1.807, 2.05) is 20.8 Å². The Balaban J connectivity index is 1.88. The third-order valence-electron chi connectivity index (χ3n) is 5.77. The number of ether oxygens (including phenoxy) is 1. The second kappa shape index (κ2) is 10.5. The summed E-state index contributed by atoms with van der Waals surface area (Å²) in [6.45, 7) is 5.48. The van der Waals surface area contributed by atoms with Crippen LogP contribution in [0.3, 0.4) is 0 Å². The highest BCUT2D eigenvalue weighted by molar-refractivity contribution is 7.86. The first kappa shape index (κ1) is 28.3. The van der Waals surface area contributed by atoms with Crippen molar-refractivity contribution >= 4 is 45.1 Å². The number of carboxylic acid groups (broad SMARTS) is 1. The van der Waals surface area contributed by atoms with Crippen LogP contribution >= 0.6 is 11.6 Å². The van der Waals surface area contributed by atoms with Gasteiger partial charge in [0.15, 0.2) is 0 Å². The fourth-order valence-electron chi connectivity index (χ4n) is 4.05. The van der Waals surface area contributed by atoms with E-state index in [4.69, 9.17) is 11.6 Å². The number of halogens is 5. The van der Waals surface area contributed by atoms with Crippen LogP contribution in [0.1, 0.15) is 36.7 Å². The molecule has 0 saturated heterocycles. The highest BCUT2D eigenvalue weighted by Crippen LogP contribution is 2.45. The number of carbonyl (C=O) groups is 1. The summed E-state index contributed by atoms with van der Waals surface area (Å²) in [6, 6.07) is 11.9. The summed E-state index contributed by atoms with van der Waals surface area (Å²) in [7, 11) is -2.06. The first-order valence-electron chi connectivity index (χ1n) is 11.4. The average Bonchev–Trinajstić information content (AvgIpc) is 2.83. The zero-order valence-electron chi connectivity index (χ0n) is 20.7. The third-order valence-corrected chi connectivity index (χ3v) is 7.23. The molecule has 0 aliphatic heterocycles. The second-order valence-electron chi connectivity index (χ2n) is 9.48. The topological polar surface area (TPSA) is 88.5 Å². The lowest BCUT2D eigenvalue weighted by Gasteiger charge is -2.21. The monoisotopic (exact) mass is 580 g/mol. The second-order valence-corrected chi connectivity index (χ2v) is 11.1. The number of carboxylic acids is 1. The van der Waals surface area contributed by atoms with Crippen molar-refractivity contribution in [3.8, 4) is 16.9 Å². The zero-order chi connectivity index (χ0) is 28.7. The number of hydrogen-bond acceptors (Lipinski definition) is 4. The molecule has 0 spiro atoms. The fourth-order valence-corrected chi connectivity index (χ4v) is 5.25. The molecule has 3 aromatic carbocycles. The number of benzene rings is 3. The number of pyridine rings is 1. The number of anilines is 1. The molecule has 1 heterocycles. The van der Waals surface area contributed by atoms with Gasteiger partial charge in [0, 0.05) is 17.1 Å². The predicted molar refractivity (Wildman–Crippen MR) is 141 cm³/mol. The standard InChI is InChI=1S/C27H21ClF4N2O4S/c1-26(2,3)18-9-6-14(13-19(18)29)39(37)34-20-10-11-21(38-27(30,31)32)23(28)22(20)15-7-8-17(25(35)36)24-16(15)5-4-12-33-24/h4-13,34H,1-3H3,(H,35,36). The Bertz CT molecular complexity index is 1620. The van der Waals surface area contributed by atoms with Gasteiger partial charge in [-0.1, -0.05) is 50.6 Å². The maximum Gasteiger partial charge on any atom is 0.573 e. The Morgan fingerprint density at radius 2 is 1.79 bits per heavy atom. The van der Waals surface area contributed by atoms with Crippen LogP contribution in [0.25, 0.3) is 22.0 Å². The Hall–Kier alpha value is -3.70. The van der Waals surface area contributed by atoms with Crippen molar-refractivity contribution in [3.63, 3.8) is 0 Å². The highest BCUT2D eigenvalue weighted by atomic mass is 35.5. The van der Waals surface area contributed by atoms with Crippen molar-refractivity contribution in [3.05, 3.63) is 82.8 Å². The van der Waals surface area contributed by atoms with E-state index in [9.17, 15) is 31.7 Å². The van der Waals surface area contributed by atoms with Gasteiger partial charge in [0.2, 0.25) is 0 Å². The van der Waals surface area contributed by atoms with Gasteiger partial charge in [-0.25, -0.2) is 13.4 Å². The molecule has 1 atom stereocenters. The number of fused-ring (bicyclic) bond motifs is 1. The first-order chi connectivity index (χ1) is 18.2. The van der Waals surface area contributed by atoms with Gasteiger partial charge < -0.3 is 14.6 Å². The molecule has 0 fully saturated rings. The van der Waals surface area contributed by atoms with Crippen molar-refractivity contribution in [2.75, 3.05) is 4.72 Å². The number of alkyl halides is 3. The minimum Gasteiger partial charge on any atom is -0.478 e. The molecule has 0 aliphatic rings. The molecule has 4 aromatic rings. The summed E-state index contributed by atoms with van der Waals surface area (Å²) in [4.78, 5) is 15.9. The lowest BCUT2D eigenvalue weighted by Crippen LogP contribution is -2.18. The molecule has 0 aliphatic carbocycles. The van der Waals surface area contributed by atoms with Crippen LogP contribution in [0.2, 0.25) is 5.02 Å². The van der Waals surface area contributed by atoms with E-state index in [0.29, 0.717) is 5.56 Å². The molecule has 0 saturated carbocycles. The van der Waals surface area contributed by atoms with Crippen molar-refractivity contribution in [2.24, 2.45) is 0 Å². The third kappa shape index (κ3) is 5.99. The van der Waals surface area contributed by atoms with Gasteiger partial charge in [0.1, 0.15) is 22.6 Å². The SMILES string of the molecule is CC(C)(C)c1ccc(S(=O)Nc2ccc(OC(F)(F)F)c(Cl)c2-c2ccc(C(=O)O)c3ncccc23)cc1F. The Kier molecular flexibility index (Phi) is 7.59. The molecule has 0 radical (unpaired) electrons. The lowest BCUT2D eigenvalue weighted by atomic mass is 9.87. The maximum atomic E-state index is 14.8. The summed E-state index contributed by atoms with van der Waals surface area (Å²) in [5, 5.41) is 9.35. The fraction of sp³-hybridized carbons (Fsp3) is 0.185. The van der Waals surface area contributed by atoms with E-state index in [2.05, 4.69) is 14.4 Å². The molecule has 12 heteroatoms. The maximum absolute atomic E-state index is 14.8. The van der Waals surface area contributed by atoms with E-state index in [-0.39, 0.29) is 38.2 Å². The molecule has 1 aromatic heterocycles. The van der Waals surface area contributed by atoms with Crippen molar-refractivity contribution in [1.29, 1.82) is 0 Å². The number of rotatable bonds is 6. The van der Waals surface area contributed by atoms with E-state index in [0.717, 1.165) is 12.1 Å². The smallest absolute Gasteiger partial charge is 0.478 e. The lowest BCUT2D eigenvalue weighted by molar-refractivity contribution is -0.274. The first-order valence-corrected chi connectivity index (χ1v) is 12.9. The van der Waals surface area contributed by atoms with E-state index >= 15 is 0 Å². The van der Waals surface area contributed by atoms with E-state index in [1.54, 1.807) is 0 Å². The van der Waals surface area contributed by atoms with Gasteiger partial charge in [-0.15, -0.1) is 13.2 Å². The molecular weight excluding hydrogens is 560 g/mol. The predicted octanol–water partition coefficient (Wildman–Crippen LogP) is 7.72. The van der Waals surface area contributed by atoms with Gasteiger partial charge in [0.25, 0.3) is 0 Å². The van der Waals surface area contributed by atoms with Gasteiger partial charge in [-0.3, -0.25) is 4.98 Å². The van der Waals surface area contributed by atoms with Crippen LogP contribution in [0, 0.1) is 5.82 Å². The molecule has 0 amide bonds. The number of aromatic nitrogens is 1. The summed E-state index contributed by atoms with van der Waals surface area (Å²) < 4.78 is 74.0. The van der Waals surface area contributed by atoms with Crippen LogP contribution in [-0.2, 0) is 16.4 Å². The summed E-state index contributed by atoms with van der Waals surface area (Å²) in [5.74, 6) is -2.55. The molecule has 4 rings (SSSR count). The van der Waals surface area contributed by atoms with Crippen LogP contribution < -0.4 is 9.46 Å². The molecule has 0 bridgehead atoms. The van der Waals surface area contributed by atoms with Crippen LogP contribution in [-0.4, -0.2) is 26.6 Å². The van der Waals surface area contributed by atoms with Crippen molar-refractivity contribution < 1.29 is 36.4 Å². The number of aromatic carboxylic acids is 1. The summed E-state index contributed by atoms with van der Waals surface area (Å²) in [5.41, 5.74) is 0.0276.